The number of nitrogens with zero attached hydrogens (tertiary/aromatic N) is 1. The lowest BCUT2D eigenvalue weighted by Gasteiger charge is -2.17. The highest BCUT2D eigenvalue weighted by molar-refractivity contribution is 8.23. The summed E-state index contributed by atoms with van der Waals surface area (Å²) in [7, 11) is 0. The summed E-state index contributed by atoms with van der Waals surface area (Å²) in [5, 5.41) is 12.5. The average Bonchev–Trinajstić information content (AvgIpc) is 2.46. The van der Waals surface area contributed by atoms with Crippen LogP contribution in [0.5, 0.6) is 0 Å². The molecule has 0 saturated carbocycles. The van der Waals surface area contributed by atoms with Crippen molar-refractivity contribution >= 4 is 34.1 Å². The standard InChI is InChI=1S/C16H31NO2S2/c1-5-6-7-8-9-15(11-10-14(4)17-18)21-16(20)19-12-13(2)3/h13,15,18H,5-12H2,1-4H3/b17-14+. The normalized spacial score (nSPS) is 13.5. The lowest BCUT2D eigenvalue weighted by Crippen LogP contribution is -2.12. The maximum atomic E-state index is 8.75. The van der Waals surface area contributed by atoms with Gasteiger partial charge in [-0.05, 0) is 44.3 Å². The van der Waals surface area contributed by atoms with Crippen molar-refractivity contribution in [2.75, 3.05) is 6.61 Å². The Hall–Kier alpha value is -0.290. The number of hydrogen-bond donors (Lipinski definition) is 1. The molecule has 0 aliphatic carbocycles. The molecule has 0 aliphatic rings. The number of rotatable bonds is 11. The molecule has 0 spiro atoms. The number of oxime groups is 1. The van der Waals surface area contributed by atoms with Crippen molar-refractivity contribution < 1.29 is 9.94 Å². The Kier molecular flexibility index (Phi) is 13.2. The fraction of sp³-hybridized carbons (Fsp3) is 0.875. The van der Waals surface area contributed by atoms with E-state index in [1.807, 2.05) is 6.92 Å². The number of thioether (sulfide) groups is 1. The Labute approximate surface area is 139 Å². The lowest BCUT2D eigenvalue weighted by atomic mass is 10.1. The Morgan fingerprint density at radius 3 is 2.52 bits per heavy atom. The van der Waals surface area contributed by atoms with Crippen LogP contribution in [0.25, 0.3) is 0 Å². The summed E-state index contributed by atoms with van der Waals surface area (Å²) < 4.78 is 6.26. The first-order valence-electron chi connectivity index (χ1n) is 8.00. The Balaban J connectivity index is 4.18. The molecule has 124 valence electrons. The molecule has 0 aromatic rings. The van der Waals surface area contributed by atoms with E-state index in [1.54, 1.807) is 11.8 Å². The molecule has 1 N–H and O–H groups in total. The molecule has 0 fully saturated rings. The molecule has 1 unspecified atom stereocenters. The van der Waals surface area contributed by atoms with Crippen molar-refractivity contribution in [3.05, 3.63) is 0 Å². The van der Waals surface area contributed by atoms with Crippen molar-refractivity contribution in [3.63, 3.8) is 0 Å². The molecule has 0 aromatic carbocycles. The highest BCUT2D eigenvalue weighted by Crippen LogP contribution is 2.25. The molecular formula is C16H31NO2S2. The van der Waals surface area contributed by atoms with Crippen molar-refractivity contribution in [2.24, 2.45) is 11.1 Å². The van der Waals surface area contributed by atoms with E-state index >= 15 is 0 Å². The van der Waals surface area contributed by atoms with Gasteiger partial charge in [0, 0.05) is 5.25 Å². The van der Waals surface area contributed by atoms with Crippen LogP contribution in [0.2, 0.25) is 0 Å². The SMILES string of the molecule is CCCCCCC(CC/C(C)=N/O)SC(=S)OCC(C)C. The summed E-state index contributed by atoms with van der Waals surface area (Å²) in [6, 6.07) is 0. The van der Waals surface area contributed by atoms with Gasteiger partial charge >= 0.3 is 0 Å². The second kappa shape index (κ2) is 13.4. The van der Waals surface area contributed by atoms with Crippen molar-refractivity contribution in [3.8, 4) is 0 Å². The monoisotopic (exact) mass is 333 g/mol. The van der Waals surface area contributed by atoms with Crippen LogP contribution in [0, 0.1) is 5.92 Å². The van der Waals surface area contributed by atoms with Gasteiger partial charge in [0.25, 0.3) is 0 Å². The Morgan fingerprint density at radius 1 is 1.24 bits per heavy atom. The van der Waals surface area contributed by atoms with E-state index < -0.39 is 0 Å². The van der Waals surface area contributed by atoms with Crippen LogP contribution in [0.4, 0.5) is 0 Å². The largest absolute Gasteiger partial charge is 0.478 e. The molecule has 0 rings (SSSR count). The Morgan fingerprint density at radius 2 is 1.95 bits per heavy atom. The molecule has 1 atom stereocenters. The minimum Gasteiger partial charge on any atom is -0.478 e. The average molecular weight is 334 g/mol. The molecule has 5 heteroatoms. The first-order chi connectivity index (χ1) is 9.99. The third kappa shape index (κ3) is 13.1. The number of ether oxygens (including phenoxy) is 1. The van der Waals surface area contributed by atoms with Crippen molar-refractivity contribution in [1.29, 1.82) is 0 Å². The molecule has 0 amide bonds. The summed E-state index contributed by atoms with van der Waals surface area (Å²) in [5.41, 5.74) is 0.781. The van der Waals surface area contributed by atoms with E-state index in [0.29, 0.717) is 22.2 Å². The molecule has 0 heterocycles. The summed E-state index contributed by atoms with van der Waals surface area (Å²) in [6.07, 6.45) is 8.00. The topological polar surface area (TPSA) is 41.8 Å². The van der Waals surface area contributed by atoms with Crippen molar-refractivity contribution in [2.45, 2.75) is 77.9 Å². The fourth-order valence-electron chi connectivity index (χ4n) is 1.89. The third-order valence-electron chi connectivity index (χ3n) is 3.18. The number of unbranched alkanes of at least 4 members (excludes halogenated alkanes) is 3. The molecule has 0 saturated heterocycles. The maximum absolute atomic E-state index is 8.75. The van der Waals surface area contributed by atoms with Gasteiger partial charge in [0.05, 0.1) is 12.3 Å². The highest BCUT2D eigenvalue weighted by Gasteiger charge is 2.14. The summed E-state index contributed by atoms with van der Waals surface area (Å²) in [5.74, 6) is 0.496. The summed E-state index contributed by atoms with van der Waals surface area (Å²) >= 11 is 6.99. The molecule has 3 nitrogen and oxygen atoms in total. The van der Waals surface area contributed by atoms with Crippen LogP contribution in [-0.4, -0.2) is 27.2 Å². The zero-order valence-corrected chi connectivity index (χ0v) is 15.6. The zero-order valence-electron chi connectivity index (χ0n) is 13.9. The van der Waals surface area contributed by atoms with Gasteiger partial charge in [0.15, 0.2) is 0 Å². The van der Waals surface area contributed by atoms with Gasteiger partial charge in [-0.25, -0.2) is 0 Å². The van der Waals surface area contributed by atoms with E-state index in [9.17, 15) is 0 Å². The quantitative estimate of drug-likeness (QED) is 0.174. The van der Waals surface area contributed by atoms with Gasteiger partial charge in [-0.2, -0.15) is 0 Å². The van der Waals surface area contributed by atoms with E-state index in [-0.39, 0.29) is 0 Å². The van der Waals surface area contributed by atoms with Crippen molar-refractivity contribution in [1.82, 2.24) is 0 Å². The van der Waals surface area contributed by atoms with E-state index in [0.717, 1.165) is 25.0 Å². The molecule has 0 bridgehead atoms. The number of thiocarbonyl (C=S) groups is 1. The Bertz CT molecular complexity index is 307. The van der Waals surface area contributed by atoms with Gasteiger partial charge in [-0.3, -0.25) is 0 Å². The van der Waals surface area contributed by atoms with Crippen LogP contribution in [0.15, 0.2) is 5.16 Å². The first kappa shape index (κ1) is 20.7. The van der Waals surface area contributed by atoms with Gasteiger partial charge in [0.2, 0.25) is 4.38 Å². The maximum Gasteiger partial charge on any atom is 0.220 e. The zero-order chi connectivity index (χ0) is 16.1. The highest BCUT2D eigenvalue weighted by atomic mass is 32.2. The van der Waals surface area contributed by atoms with Crippen LogP contribution >= 0.6 is 24.0 Å². The summed E-state index contributed by atoms with van der Waals surface area (Å²) in [4.78, 5) is 0. The minimum atomic E-state index is 0.457. The second-order valence-electron chi connectivity index (χ2n) is 5.92. The summed E-state index contributed by atoms with van der Waals surface area (Å²) in [6.45, 7) is 9.01. The molecule has 0 aliphatic heterocycles. The van der Waals surface area contributed by atoms with Crippen LogP contribution < -0.4 is 0 Å². The minimum absolute atomic E-state index is 0.457. The fourth-order valence-corrected chi connectivity index (χ4v) is 3.29. The predicted molar refractivity (Wildman–Crippen MR) is 97.7 cm³/mol. The predicted octanol–water partition coefficient (Wildman–Crippen LogP) is 5.65. The first-order valence-corrected chi connectivity index (χ1v) is 9.29. The van der Waals surface area contributed by atoms with Crippen LogP contribution in [-0.2, 0) is 4.74 Å². The number of hydrogen-bond acceptors (Lipinski definition) is 5. The van der Waals surface area contributed by atoms with Gasteiger partial charge in [-0.1, -0.05) is 63.4 Å². The van der Waals surface area contributed by atoms with E-state index in [1.165, 1.54) is 25.7 Å². The second-order valence-corrected chi connectivity index (χ2v) is 7.82. The van der Waals surface area contributed by atoms with E-state index in [2.05, 4.69) is 25.9 Å². The molecular weight excluding hydrogens is 302 g/mol. The van der Waals surface area contributed by atoms with Gasteiger partial charge in [0.1, 0.15) is 0 Å². The smallest absolute Gasteiger partial charge is 0.220 e. The van der Waals surface area contributed by atoms with Crippen LogP contribution in [0.3, 0.4) is 0 Å². The van der Waals surface area contributed by atoms with E-state index in [4.69, 9.17) is 22.2 Å². The van der Waals surface area contributed by atoms with Gasteiger partial charge < -0.3 is 9.94 Å². The van der Waals surface area contributed by atoms with Gasteiger partial charge in [-0.15, -0.1) is 0 Å². The third-order valence-corrected chi connectivity index (χ3v) is 4.70. The lowest BCUT2D eigenvalue weighted by molar-refractivity contribution is 0.272. The molecule has 0 radical (unpaired) electrons. The molecule has 0 aromatic heterocycles. The van der Waals surface area contributed by atoms with Crippen LogP contribution in [0.1, 0.15) is 72.6 Å². The molecule has 21 heavy (non-hydrogen) atoms.